The molecule has 4 rings (SSSR count). The topological polar surface area (TPSA) is 69.9 Å². The van der Waals surface area contributed by atoms with Gasteiger partial charge in [-0.05, 0) is 37.1 Å². The molecule has 0 saturated carbocycles. The maximum atomic E-state index is 14.1. The van der Waals surface area contributed by atoms with E-state index in [0.717, 1.165) is 39.0 Å². The average molecular weight is 412 g/mol. The molecule has 2 aliphatic rings. The summed E-state index contributed by atoms with van der Waals surface area (Å²) in [5, 5.41) is 10.8. The molecule has 2 heterocycles. The molecule has 30 heavy (non-hydrogen) atoms. The predicted molar refractivity (Wildman–Crippen MR) is 112 cm³/mol. The molecule has 0 aromatic heterocycles. The summed E-state index contributed by atoms with van der Waals surface area (Å²) in [7, 11) is 0. The SMILES string of the molecule is O=C(c1ccc([N+](=O)[O-])cc1)N1CCCC(N2CCN(c3ccccc3F)CC2)C1. The van der Waals surface area contributed by atoms with E-state index >= 15 is 0 Å². The minimum atomic E-state index is -0.466. The molecule has 2 fully saturated rings. The van der Waals surface area contributed by atoms with Crippen molar-refractivity contribution in [3.63, 3.8) is 0 Å². The standard InChI is InChI=1S/C22H25FN4O3/c23-20-5-1-2-6-21(20)25-14-12-24(13-15-25)19-4-3-11-26(16-19)22(28)17-7-9-18(10-8-17)27(29)30/h1-2,5-10,19H,3-4,11-16H2. The van der Waals surface area contributed by atoms with Crippen LogP contribution < -0.4 is 4.90 Å². The van der Waals surface area contributed by atoms with E-state index in [9.17, 15) is 19.3 Å². The Bertz CT molecular complexity index is 913. The van der Waals surface area contributed by atoms with Gasteiger partial charge in [-0.2, -0.15) is 0 Å². The van der Waals surface area contributed by atoms with Gasteiger partial charge < -0.3 is 9.80 Å². The molecule has 1 amide bonds. The zero-order valence-electron chi connectivity index (χ0n) is 16.7. The van der Waals surface area contributed by atoms with Gasteiger partial charge in [0, 0.05) is 63.0 Å². The summed E-state index contributed by atoms with van der Waals surface area (Å²) in [5.74, 6) is -0.275. The van der Waals surface area contributed by atoms with Crippen LogP contribution in [-0.2, 0) is 0 Å². The molecule has 0 radical (unpaired) electrons. The second kappa shape index (κ2) is 8.79. The first-order valence-corrected chi connectivity index (χ1v) is 10.3. The monoisotopic (exact) mass is 412 g/mol. The number of nitrogens with zero attached hydrogens (tertiary/aromatic N) is 4. The van der Waals surface area contributed by atoms with Gasteiger partial charge in [0.05, 0.1) is 10.6 Å². The van der Waals surface area contributed by atoms with E-state index in [0.29, 0.717) is 24.3 Å². The van der Waals surface area contributed by atoms with E-state index in [2.05, 4.69) is 9.80 Å². The van der Waals surface area contributed by atoms with Crippen LogP contribution in [0.4, 0.5) is 15.8 Å². The van der Waals surface area contributed by atoms with Crippen molar-refractivity contribution in [2.24, 2.45) is 0 Å². The Morgan fingerprint density at radius 3 is 2.37 bits per heavy atom. The number of hydrogen-bond donors (Lipinski definition) is 0. The van der Waals surface area contributed by atoms with Gasteiger partial charge in [0.1, 0.15) is 5.82 Å². The summed E-state index contributed by atoms with van der Waals surface area (Å²) in [5.41, 5.74) is 1.11. The molecule has 2 aliphatic heterocycles. The average Bonchev–Trinajstić information content (AvgIpc) is 2.79. The Morgan fingerprint density at radius 2 is 1.70 bits per heavy atom. The van der Waals surface area contributed by atoms with E-state index in [-0.39, 0.29) is 23.5 Å². The molecular weight excluding hydrogens is 387 g/mol. The van der Waals surface area contributed by atoms with Crippen LogP contribution in [-0.4, -0.2) is 65.9 Å². The van der Waals surface area contributed by atoms with Crippen LogP contribution in [0.3, 0.4) is 0 Å². The number of anilines is 1. The first-order valence-electron chi connectivity index (χ1n) is 10.3. The predicted octanol–water partition coefficient (Wildman–Crippen LogP) is 3.16. The molecule has 1 unspecified atom stereocenters. The number of carbonyl (C=O) groups is 1. The lowest BCUT2D eigenvalue weighted by Crippen LogP contribution is -2.56. The van der Waals surface area contributed by atoms with Crippen molar-refractivity contribution >= 4 is 17.3 Å². The molecule has 7 nitrogen and oxygen atoms in total. The molecule has 8 heteroatoms. The van der Waals surface area contributed by atoms with Crippen molar-refractivity contribution in [3.8, 4) is 0 Å². The highest BCUT2D eigenvalue weighted by molar-refractivity contribution is 5.94. The number of likely N-dealkylation sites (tertiary alicyclic amines) is 1. The van der Waals surface area contributed by atoms with Crippen molar-refractivity contribution in [1.82, 2.24) is 9.80 Å². The first kappa shape index (κ1) is 20.3. The van der Waals surface area contributed by atoms with Crippen LogP contribution in [0.1, 0.15) is 23.2 Å². The molecule has 1 atom stereocenters. The van der Waals surface area contributed by atoms with Crippen LogP contribution in [0.5, 0.6) is 0 Å². The number of piperidine rings is 1. The Hall–Kier alpha value is -3.00. The lowest BCUT2D eigenvalue weighted by Gasteiger charge is -2.44. The maximum absolute atomic E-state index is 14.1. The number of piperazine rings is 1. The number of para-hydroxylation sites is 1. The van der Waals surface area contributed by atoms with Crippen LogP contribution in [0.2, 0.25) is 0 Å². The van der Waals surface area contributed by atoms with Crippen molar-refractivity contribution in [1.29, 1.82) is 0 Å². The highest BCUT2D eigenvalue weighted by Gasteiger charge is 2.31. The largest absolute Gasteiger partial charge is 0.367 e. The fourth-order valence-electron chi connectivity index (χ4n) is 4.38. The van der Waals surface area contributed by atoms with Gasteiger partial charge in [0.2, 0.25) is 0 Å². The smallest absolute Gasteiger partial charge is 0.269 e. The van der Waals surface area contributed by atoms with Gasteiger partial charge in [-0.25, -0.2) is 4.39 Å². The quantitative estimate of drug-likeness (QED) is 0.570. The molecule has 2 saturated heterocycles. The minimum absolute atomic E-state index is 0.0178. The molecule has 0 N–H and O–H groups in total. The van der Waals surface area contributed by atoms with Crippen LogP contribution in [0.25, 0.3) is 0 Å². The van der Waals surface area contributed by atoms with E-state index in [1.54, 1.807) is 6.07 Å². The molecule has 158 valence electrons. The zero-order valence-corrected chi connectivity index (χ0v) is 16.7. The summed E-state index contributed by atoms with van der Waals surface area (Å²) in [6.07, 6.45) is 1.96. The Kier molecular flexibility index (Phi) is 5.94. The van der Waals surface area contributed by atoms with E-state index in [1.165, 1.54) is 30.3 Å². The summed E-state index contributed by atoms with van der Waals surface area (Å²) < 4.78 is 14.1. The summed E-state index contributed by atoms with van der Waals surface area (Å²) in [4.78, 5) is 29.5. The lowest BCUT2D eigenvalue weighted by atomic mass is 10.0. The molecule has 0 spiro atoms. The Morgan fingerprint density at radius 1 is 1.00 bits per heavy atom. The van der Waals surface area contributed by atoms with Crippen molar-refractivity contribution in [3.05, 3.63) is 70.0 Å². The number of rotatable bonds is 4. The van der Waals surface area contributed by atoms with Gasteiger partial charge in [-0.15, -0.1) is 0 Å². The number of carbonyl (C=O) groups excluding carboxylic acids is 1. The van der Waals surface area contributed by atoms with Crippen LogP contribution in [0, 0.1) is 15.9 Å². The molecular formula is C22H25FN4O3. The Labute approximate surface area is 174 Å². The van der Waals surface area contributed by atoms with Gasteiger partial charge in [0.15, 0.2) is 0 Å². The fourth-order valence-corrected chi connectivity index (χ4v) is 4.38. The number of nitro groups is 1. The molecule has 0 aliphatic carbocycles. The summed E-state index contributed by atoms with van der Waals surface area (Å²) in [6, 6.07) is 12.9. The van der Waals surface area contributed by atoms with E-state index in [4.69, 9.17) is 0 Å². The molecule has 2 aromatic carbocycles. The fraction of sp³-hybridized carbons (Fsp3) is 0.409. The van der Waals surface area contributed by atoms with Crippen molar-refractivity contribution in [2.75, 3.05) is 44.2 Å². The van der Waals surface area contributed by atoms with Crippen molar-refractivity contribution < 1.29 is 14.1 Å². The third kappa shape index (κ3) is 4.28. The number of non-ortho nitro benzene ring substituents is 1. The lowest BCUT2D eigenvalue weighted by molar-refractivity contribution is -0.384. The molecule has 0 bridgehead atoms. The van der Waals surface area contributed by atoms with Gasteiger partial charge in [-0.1, -0.05) is 12.1 Å². The second-order valence-electron chi connectivity index (χ2n) is 7.83. The van der Waals surface area contributed by atoms with Crippen molar-refractivity contribution in [2.45, 2.75) is 18.9 Å². The normalized spacial score (nSPS) is 20.2. The van der Waals surface area contributed by atoms with E-state index < -0.39 is 4.92 Å². The third-order valence-corrected chi connectivity index (χ3v) is 6.03. The third-order valence-electron chi connectivity index (χ3n) is 6.03. The number of hydrogen-bond acceptors (Lipinski definition) is 5. The maximum Gasteiger partial charge on any atom is 0.269 e. The van der Waals surface area contributed by atoms with Gasteiger partial charge in [0.25, 0.3) is 11.6 Å². The van der Waals surface area contributed by atoms with E-state index in [1.807, 2.05) is 17.0 Å². The van der Waals surface area contributed by atoms with Crippen LogP contribution >= 0.6 is 0 Å². The van der Waals surface area contributed by atoms with Gasteiger partial charge >= 0.3 is 0 Å². The second-order valence-corrected chi connectivity index (χ2v) is 7.83. The highest BCUT2D eigenvalue weighted by atomic mass is 19.1. The zero-order chi connectivity index (χ0) is 21.1. The number of amides is 1. The highest BCUT2D eigenvalue weighted by Crippen LogP contribution is 2.24. The number of nitro benzene ring substituents is 1. The Balaban J connectivity index is 1.36. The number of halogens is 1. The summed E-state index contributed by atoms with van der Waals surface area (Å²) in [6.45, 7) is 4.52. The molecule has 2 aromatic rings. The first-order chi connectivity index (χ1) is 14.5. The summed E-state index contributed by atoms with van der Waals surface area (Å²) >= 11 is 0. The minimum Gasteiger partial charge on any atom is -0.367 e. The van der Waals surface area contributed by atoms with Gasteiger partial charge in [-0.3, -0.25) is 19.8 Å². The number of benzene rings is 2. The van der Waals surface area contributed by atoms with Crippen LogP contribution in [0.15, 0.2) is 48.5 Å².